The molecule has 0 N–H and O–H groups in total. The van der Waals surface area contributed by atoms with Gasteiger partial charge in [0, 0.05) is 22.4 Å². The van der Waals surface area contributed by atoms with E-state index >= 15 is 0 Å². The Labute approximate surface area is 322 Å². The molecule has 0 spiro atoms. The van der Waals surface area contributed by atoms with Crippen LogP contribution in [0.25, 0.3) is 21.9 Å². The molecular formula is C53H38N2. The summed E-state index contributed by atoms with van der Waals surface area (Å²) in [6.07, 6.45) is 0. The molecular weight excluding hydrogens is 665 g/mol. The summed E-state index contributed by atoms with van der Waals surface area (Å²) in [6, 6.07) is 83.7. The lowest BCUT2D eigenvalue weighted by Gasteiger charge is -2.46. The Morgan fingerprint density at radius 3 is 1.60 bits per heavy atom. The summed E-state index contributed by atoms with van der Waals surface area (Å²) >= 11 is 0. The molecule has 1 aliphatic heterocycles. The van der Waals surface area contributed by atoms with E-state index in [4.69, 9.17) is 0 Å². The van der Waals surface area contributed by atoms with E-state index in [-0.39, 0.29) is 0 Å². The van der Waals surface area contributed by atoms with Crippen LogP contribution >= 0.6 is 0 Å². The van der Waals surface area contributed by atoms with Crippen molar-refractivity contribution in [3.8, 4) is 11.1 Å². The zero-order valence-corrected chi connectivity index (χ0v) is 30.3. The highest BCUT2D eigenvalue weighted by Gasteiger charge is 2.46. The van der Waals surface area contributed by atoms with Gasteiger partial charge in [-0.3, -0.25) is 0 Å². The highest BCUT2D eigenvalue weighted by atomic mass is 15.2. The summed E-state index contributed by atoms with van der Waals surface area (Å²) in [4.78, 5) is 4.81. The Bertz CT molecular complexity index is 2700. The summed E-state index contributed by atoms with van der Waals surface area (Å²) in [5.41, 5.74) is 13.6. The van der Waals surface area contributed by atoms with Crippen LogP contribution in [-0.4, -0.2) is 0 Å². The second-order valence-electron chi connectivity index (χ2n) is 14.1. The van der Waals surface area contributed by atoms with E-state index < -0.39 is 5.41 Å². The van der Waals surface area contributed by atoms with Crippen LogP contribution in [0.2, 0.25) is 0 Å². The molecule has 1 aliphatic rings. The summed E-state index contributed by atoms with van der Waals surface area (Å²) in [5, 5.41) is 2.44. The lowest BCUT2D eigenvalue weighted by atomic mass is 9.62. The van der Waals surface area contributed by atoms with E-state index in [1.54, 1.807) is 0 Å². The minimum atomic E-state index is -0.531. The second-order valence-corrected chi connectivity index (χ2v) is 14.1. The van der Waals surface area contributed by atoms with Gasteiger partial charge in [0.2, 0.25) is 0 Å². The zero-order valence-electron chi connectivity index (χ0n) is 30.3. The molecule has 55 heavy (non-hydrogen) atoms. The van der Waals surface area contributed by atoms with E-state index in [9.17, 15) is 0 Å². The number of hydrogen-bond donors (Lipinski definition) is 0. The average molecular weight is 703 g/mol. The Morgan fingerprint density at radius 1 is 0.364 bits per heavy atom. The van der Waals surface area contributed by atoms with Gasteiger partial charge in [-0.15, -0.1) is 0 Å². The van der Waals surface area contributed by atoms with Crippen molar-refractivity contribution in [1.29, 1.82) is 0 Å². The average Bonchev–Trinajstić information content (AvgIpc) is 3.27. The molecule has 9 aromatic carbocycles. The van der Waals surface area contributed by atoms with Crippen LogP contribution in [0.4, 0.5) is 34.1 Å². The van der Waals surface area contributed by atoms with Gasteiger partial charge < -0.3 is 9.80 Å². The zero-order chi connectivity index (χ0) is 36.6. The molecule has 0 saturated carbocycles. The van der Waals surface area contributed by atoms with E-state index in [1.165, 1.54) is 44.4 Å². The smallest absolute Gasteiger partial charge is 0.0742 e. The summed E-state index contributed by atoms with van der Waals surface area (Å²) in [6.45, 7) is 0. The van der Waals surface area contributed by atoms with E-state index in [0.717, 1.165) is 33.9 Å². The van der Waals surface area contributed by atoms with Crippen molar-refractivity contribution >= 4 is 44.9 Å². The monoisotopic (exact) mass is 702 g/mol. The third kappa shape index (κ3) is 5.42. The Kier molecular flexibility index (Phi) is 8.08. The lowest BCUT2D eigenvalue weighted by molar-refractivity contribution is 0.731. The molecule has 2 nitrogen and oxygen atoms in total. The number of nitrogens with zero attached hydrogens (tertiary/aromatic N) is 2. The molecule has 0 fully saturated rings. The molecule has 0 unspecified atom stereocenters. The van der Waals surface area contributed by atoms with Crippen molar-refractivity contribution < 1.29 is 0 Å². The van der Waals surface area contributed by atoms with Gasteiger partial charge in [-0.1, -0.05) is 176 Å². The number of fused-ring (bicyclic) bond motifs is 3. The minimum Gasteiger partial charge on any atom is -0.310 e. The van der Waals surface area contributed by atoms with Crippen LogP contribution in [0, 0.1) is 0 Å². The van der Waals surface area contributed by atoms with Gasteiger partial charge >= 0.3 is 0 Å². The predicted octanol–water partition coefficient (Wildman–Crippen LogP) is 14.1. The molecule has 10 rings (SSSR count). The highest BCUT2D eigenvalue weighted by molar-refractivity contribution is 5.99. The minimum absolute atomic E-state index is 0.531. The number of hydrogen-bond acceptors (Lipinski definition) is 2. The molecule has 260 valence electrons. The van der Waals surface area contributed by atoms with Crippen molar-refractivity contribution in [2.24, 2.45) is 0 Å². The van der Waals surface area contributed by atoms with Gasteiger partial charge in [-0.05, 0) is 93.4 Å². The van der Waals surface area contributed by atoms with Crippen LogP contribution in [0.1, 0.15) is 22.3 Å². The molecule has 2 heteroatoms. The fourth-order valence-corrected chi connectivity index (χ4v) is 8.70. The first-order valence-corrected chi connectivity index (χ1v) is 18.9. The number of para-hydroxylation sites is 3. The van der Waals surface area contributed by atoms with Crippen LogP contribution < -0.4 is 9.80 Å². The van der Waals surface area contributed by atoms with Crippen molar-refractivity contribution in [2.45, 2.75) is 5.41 Å². The van der Waals surface area contributed by atoms with Crippen molar-refractivity contribution in [3.63, 3.8) is 0 Å². The molecule has 0 amide bonds. The van der Waals surface area contributed by atoms with Gasteiger partial charge in [-0.2, -0.15) is 0 Å². The van der Waals surface area contributed by atoms with Crippen LogP contribution in [0.5, 0.6) is 0 Å². The molecule has 0 bridgehead atoms. The largest absolute Gasteiger partial charge is 0.310 e. The quantitative estimate of drug-likeness (QED) is 0.163. The standard InChI is InChI=1S/C53H38N2/c1-5-20-42(21-6-1)53(43-22-7-2-8-23-43)48-29-15-16-30-51(48)55(45-26-11-4-12-27-45)52-38-41(34-37-49(52)53)39-32-35-46(36-33-39)54(44-24-9-3-10-25-44)50-31-17-19-40-18-13-14-28-47(40)50/h1-38H. The summed E-state index contributed by atoms with van der Waals surface area (Å²) in [5.74, 6) is 0. The van der Waals surface area contributed by atoms with Gasteiger partial charge in [0.15, 0.2) is 0 Å². The van der Waals surface area contributed by atoms with E-state index in [0.29, 0.717) is 0 Å². The molecule has 0 aromatic heterocycles. The SMILES string of the molecule is c1ccc(N2c3ccccc3C(c3ccccc3)(c3ccccc3)c3ccc(-c4ccc(N(c5ccccc5)c5cccc6ccccc56)cc4)cc32)cc1. The van der Waals surface area contributed by atoms with E-state index in [2.05, 4.69) is 240 Å². The Balaban J connectivity index is 1.17. The topological polar surface area (TPSA) is 6.48 Å². The number of rotatable bonds is 7. The van der Waals surface area contributed by atoms with Crippen molar-refractivity contribution in [2.75, 3.05) is 9.80 Å². The maximum absolute atomic E-state index is 2.45. The maximum Gasteiger partial charge on any atom is 0.0742 e. The first kappa shape index (κ1) is 32.5. The number of benzene rings is 9. The van der Waals surface area contributed by atoms with Gasteiger partial charge in [-0.25, -0.2) is 0 Å². The molecule has 0 saturated heterocycles. The Morgan fingerprint density at radius 2 is 0.891 bits per heavy atom. The summed E-state index contributed by atoms with van der Waals surface area (Å²) in [7, 11) is 0. The fraction of sp³-hybridized carbons (Fsp3) is 0.0189. The third-order valence-corrected chi connectivity index (χ3v) is 11.1. The van der Waals surface area contributed by atoms with Crippen LogP contribution in [-0.2, 0) is 5.41 Å². The van der Waals surface area contributed by atoms with Gasteiger partial charge in [0.25, 0.3) is 0 Å². The Hall–Kier alpha value is -7.16. The summed E-state index contributed by atoms with van der Waals surface area (Å²) < 4.78 is 0. The van der Waals surface area contributed by atoms with Crippen molar-refractivity contribution in [1.82, 2.24) is 0 Å². The fourth-order valence-electron chi connectivity index (χ4n) is 8.70. The lowest BCUT2D eigenvalue weighted by Crippen LogP contribution is -2.37. The van der Waals surface area contributed by atoms with Crippen LogP contribution in [0.15, 0.2) is 231 Å². The maximum atomic E-state index is 2.45. The molecule has 0 aliphatic carbocycles. The second kappa shape index (κ2) is 13.7. The van der Waals surface area contributed by atoms with Gasteiger partial charge in [0.05, 0.1) is 22.5 Å². The van der Waals surface area contributed by atoms with Gasteiger partial charge in [0.1, 0.15) is 0 Å². The predicted molar refractivity (Wildman–Crippen MR) is 231 cm³/mol. The third-order valence-electron chi connectivity index (χ3n) is 11.1. The number of anilines is 6. The van der Waals surface area contributed by atoms with Crippen LogP contribution in [0.3, 0.4) is 0 Å². The van der Waals surface area contributed by atoms with E-state index in [1.807, 2.05) is 0 Å². The first-order valence-electron chi connectivity index (χ1n) is 18.9. The van der Waals surface area contributed by atoms with Crippen molar-refractivity contribution in [3.05, 3.63) is 253 Å². The molecule has 1 heterocycles. The molecule has 0 radical (unpaired) electrons. The molecule has 0 atom stereocenters. The highest BCUT2D eigenvalue weighted by Crippen LogP contribution is 2.58. The first-order chi connectivity index (χ1) is 27.3. The normalized spacial score (nSPS) is 12.8. The molecule has 9 aromatic rings.